The molecule has 1 amide bonds. The van der Waals surface area contributed by atoms with Gasteiger partial charge in [-0.15, -0.1) is 0 Å². The van der Waals surface area contributed by atoms with Gasteiger partial charge in [-0.05, 0) is 41.5 Å². The van der Waals surface area contributed by atoms with Crippen LogP contribution in [0.2, 0.25) is 0 Å². The van der Waals surface area contributed by atoms with E-state index in [9.17, 15) is 18.5 Å². The van der Waals surface area contributed by atoms with Crippen molar-refractivity contribution < 1.29 is 18.5 Å². The Balaban J connectivity index is 1.41. The number of nitrogens with zero attached hydrogens (tertiary/aromatic N) is 2. The number of anilines is 1. The number of nitrogen functional groups attached to an aromatic ring is 1. The zero-order valence-electron chi connectivity index (χ0n) is 18.3. The Morgan fingerprint density at radius 3 is 2.74 bits per heavy atom. The quantitative estimate of drug-likeness (QED) is 0.338. The van der Waals surface area contributed by atoms with Crippen molar-refractivity contribution in [2.24, 2.45) is 0 Å². The van der Waals surface area contributed by atoms with Gasteiger partial charge in [0.15, 0.2) is 5.82 Å². The second-order valence-corrected chi connectivity index (χ2v) is 9.31. The Morgan fingerprint density at radius 2 is 2.00 bits per heavy atom. The van der Waals surface area contributed by atoms with Gasteiger partial charge in [-0.25, -0.2) is 9.37 Å². The molecule has 1 aliphatic rings. The number of phenolic OH excluding ortho intramolecular Hbond substituents is 1. The molecule has 3 heterocycles. The smallest absolute Gasteiger partial charge is 0.255 e. The van der Waals surface area contributed by atoms with Crippen molar-refractivity contribution in [1.29, 1.82) is 0 Å². The first-order valence-electron chi connectivity index (χ1n) is 10.7. The molecule has 8 nitrogen and oxygen atoms in total. The molecule has 35 heavy (non-hydrogen) atoms. The van der Waals surface area contributed by atoms with E-state index in [2.05, 4.69) is 15.5 Å². The molecule has 0 fully saturated rings. The molecule has 5 N–H and O–H groups in total. The average Bonchev–Trinajstić information content (AvgIpc) is 3.25. The van der Waals surface area contributed by atoms with Gasteiger partial charge in [0.25, 0.3) is 5.91 Å². The number of hydrogen-bond acceptors (Lipinski definition) is 6. The summed E-state index contributed by atoms with van der Waals surface area (Å²) in [7, 11) is -1.01. The van der Waals surface area contributed by atoms with E-state index in [-0.39, 0.29) is 17.9 Å². The maximum Gasteiger partial charge on any atom is 0.255 e. The van der Waals surface area contributed by atoms with Crippen LogP contribution in [0.1, 0.15) is 21.6 Å². The maximum atomic E-state index is 13.4. The van der Waals surface area contributed by atoms with Gasteiger partial charge in [0.2, 0.25) is 0 Å². The first-order valence-corrected chi connectivity index (χ1v) is 12.0. The first kappa shape index (κ1) is 22.5. The van der Waals surface area contributed by atoms with Crippen LogP contribution in [0.25, 0.3) is 27.7 Å². The van der Waals surface area contributed by atoms with Crippen LogP contribution in [0.3, 0.4) is 0 Å². The molecule has 1 atom stereocenters. The lowest BCUT2D eigenvalue weighted by Gasteiger charge is -2.11. The molecular weight excluding hydrogens is 469 g/mol. The largest absolute Gasteiger partial charge is 0.507 e. The summed E-state index contributed by atoms with van der Waals surface area (Å²) in [5.41, 5.74) is 10.5. The molecule has 0 saturated carbocycles. The number of aromatic nitrogens is 3. The number of benzene rings is 2. The van der Waals surface area contributed by atoms with Crippen LogP contribution in [0, 0.1) is 5.82 Å². The van der Waals surface area contributed by atoms with Crippen LogP contribution in [0.5, 0.6) is 5.75 Å². The van der Waals surface area contributed by atoms with Gasteiger partial charge >= 0.3 is 0 Å². The van der Waals surface area contributed by atoms with Gasteiger partial charge in [-0.2, -0.15) is 5.10 Å². The molecular formula is C25H20FN5O3S. The van der Waals surface area contributed by atoms with Crippen molar-refractivity contribution in [3.05, 3.63) is 88.7 Å². The molecule has 10 heteroatoms. The molecule has 0 spiro atoms. The van der Waals surface area contributed by atoms with Crippen LogP contribution in [-0.2, 0) is 17.3 Å². The van der Waals surface area contributed by atoms with Gasteiger partial charge in [-0.1, -0.05) is 30.3 Å². The molecule has 0 bridgehead atoms. The number of amides is 1. The molecule has 5 rings (SSSR count). The normalized spacial score (nSPS) is 15.2. The highest BCUT2D eigenvalue weighted by Gasteiger charge is 2.17. The fraction of sp³-hybridized carbons (Fsp3) is 0.0800. The molecule has 4 aromatic rings. The number of carbonyl (C=O) groups is 1. The van der Waals surface area contributed by atoms with Gasteiger partial charge < -0.3 is 16.2 Å². The Morgan fingerprint density at radius 1 is 1.20 bits per heavy atom. The molecule has 1 unspecified atom stereocenters. The summed E-state index contributed by atoms with van der Waals surface area (Å²) in [6, 6.07) is 12.5. The molecule has 0 aliphatic carbocycles. The predicted octanol–water partition coefficient (Wildman–Crippen LogP) is 3.64. The first-order chi connectivity index (χ1) is 16.9. The van der Waals surface area contributed by atoms with Crippen molar-refractivity contribution in [3.8, 4) is 17.0 Å². The van der Waals surface area contributed by atoms with Crippen LogP contribution in [-0.4, -0.2) is 36.2 Å². The highest BCUT2D eigenvalue weighted by atomic mass is 32.2. The van der Waals surface area contributed by atoms with E-state index in [4.69, 9.17) is 10.7 Å². The zero-order valence-corrected chi connectivity index (χ0v) is 19.1. The van der Waals surface area contributed by atoms with E-state index in [1.54, 1.807) is 11.5 Å². The van der Waals surface area contributed by atoms with Crippen LogP contribution in [0.15, 0.2) is 66.1 Å². The molecule has 0 saturated heterocycles. The van der Waals surface area contributed by atoms with E-state index >= 15 is 0 Å². The van der Waals surface area contributed by atoms with Crippen LogP contribution < -0.4 is 11.1 Å². The Labute approximate surface area is 201 Å². The summed E-state index contributed by atoms with van der Waals surface area (Å²) >= 11 is 0. The summed E-state index contributed by atoms with van der Waals surface area (Å²) in [4.78, 5) is 17.2. The summed E-state index contributed by atoms with van der Waals surface area (Å²) in [5, 5.41) is 21.9. The minimum absolute atomic E-state index is 0.129. The second kappa shape index (κ2) is 9.15. The number of rotatable bonds is 5. The van der Waals surface area contributed by atoms with E-state index in [1.807, 2.05) is 36.4 Å². The number of fused-ring (bicyclic) bond motifs is 1. The number of aromatic hydroxyl groups is 1. The molecule has 2 aromatic heterocycles. The second-order valence-electron chi connectivity index (χ2n) is 7.94. The fourth-order valence-corrected chi connectivity index (χ4v) is 4.56. The number of allylic oxidation sites excluding steroid dienone is 2. The molecule has 1 aliphatic heterocycles. The molecule has 0 radical (unpaired) electrons. The standard InChI is InChI=1S/C25H20FN5O3S/c26-17-5-6-21(32)18(11-17)25(33)28-13-14-1-3-16(4-2-14)23-22-20(30-31-24(22)27)12-19(29-23)15-7-9-35(34)10-8-15/h1-9,11-12,32H,10,13H2,(H,28,33)(H3,27,30,31). The highest BCUT2D eigenvalue weighted by molar-refractivity contribution is 7.88. The zero-order chi connectivity index (χ0) is 24.5. The van der Waals surface area contributed by atoms with E-state index in [0.29, 0.717) is 28.3 Å². The van der Waals surface area contributed by atoms with Gasteiger partial charge in [0.05, 0.1) is 27.9 Å². The number of pyridine rings is 1. The summed E-state index contributed by atoms with van der Waals surface area (Å²) in [6.45, 7) is 0.181. The third-order valence-corrected chi connectivity index (χ3v) is 6.55. The van der Waals surface area contributed by atoms with Crippen LogP contribution in [0.4, 0.5) is 10.2 Å². The van der Waals surface area contributed by atoms with E-state index in [0.717, 1.165) is 40.4 Å². The predicted molar refractivity (Wildman–Crippen MR) is 133 cm³/mol. The van der Waals surface area contributed by atoms with Crippen molar-refractivity contribution in [1.82, 2.24) is 20.5 Å². The third kappa shape index (κ3) is 4.56. The maximum absolute atomic E-state index is 13.4. The average molecular weight is 490 g/mol. The number of phenols is 1. The Hall–Kier alpha value is -4.31. The fourth-order valence-electron chi connectivity index (χ4n) is 3.81. The lowest BCUT2D eigenvalue weighted by molar-refractivity contribution is 0.0947. The topological polar surface area (TPSA) is 134 Å². The Kier molecular flexibility index (Phi) is 5.87. The number of hydrogen-bond donors (Lipinski definition) is 4. The Bertz CT molecular complexity index is 1540. The summed E-state index contributed by atoms with van der Waals surface area (Å²) in [5.74, 6) is -0.719. The van der Waals surface area contributed by atoms with Crippen molar-refractivity contribution in [2.45, 2.75) is 6.54 Å². The monoisotopic (exact) mass is 489 g/mol. The van der Waals surface area contributed by atoms with Crippen LogP contribution >= 0.6 is 0 Å². The summed E-state index contributed by atoms with van der Waals surface area (Å²) < 4.78 is 25.1. The lowest BCUT2D eigenvalue weighted by Crippen LogP contribution is -2.23. The minimum atomic E-state index is -1.01. The van der Waals surface area contributed by atoms with E-state index in [1.165, 1.54) is 0 Å². The van der Waals surface area contributed by atoms with Crippen molar-refractivity contribution >= 4 is 39.0 Å². The number of aromatic amines is 1. The molecule has 2 aromatic carbocycles. The number of carbonyl (C=O) groups excluding carboxylic acids is 1. The van der Waals surface area contributed by atoms with Crippen molar-refractivity contribution in [3.63, 3.8) is 0 Å². The van der Waals surface area contributed by atoms with E-state index < -0.39 is 22.5 Å². The minimum Gasteiger partial charge on any atom is -0.507 e. The third-order valence-electron chi connectivity index (χ3n) is 5.62. The number of nitrogens with one attached hydrogen (secondary N) is 2. The van der Waals surface area contributed by atoms with Gasteiger partial charge in [-0.3, -0.25) is 14.1 Å². The lowest BCUT2D eigenvalue weighted by atomic mass is 10.0. The van der Waals surface area contributed by atoms with Gasteiger partial charge in [0.1, 0.15) is 11.6 Å². The van der Waals surface area contributed by atoms with Crippen molar-refractivity contribution in [2.75, 3.05) is 11.5 Å². The highest BCUT2D eigenvalue weighted by Crippen LogP contribution is 2.33. The SMILES string of the molecule is Nc1n[nH]c2cc(C3=CCS(=O)C=C3)nc(-c3ccc(CNC(=O)c4cc(F)ccc4O)cc3)c12. The summed E-state index contributed by atoms with van der Waals surface area (Å²) in [6.07, 6.45) is 3.68. The number of nitrogens with two attached hydrogens (primary N) is 1. The number of H-pyrrole nitrogens is 1. The molecule has 176 valence electrons. The number of halogens is 1. The van der Waals surface area contributed by atoms with Gasteiger partial charge in [0, 0.05) is 34.1 Å².